The maximum absolute atomic E-state index is 11.6. The van der Waals surface area contributed by atoms with E-state index in [1.165, 1.54) is 15.9 Å². The molecule has 0 aliphatic heterocycles. The summed E-state index contributed by atoms with van der Waals surface area (Å²) in [6, 6.07) is 32.7. The van der Waals surface area contributed by atoms with E-state index in [0.29, 0.717) is 13.0 Å². The van der Waals surface area contributed by atoms with E-state index in [0.717, 1.165) is 25.7 Å². The number of rotatable bonds is 10. The van der Waals surface area contributed by atoms with Gasteiger partial charge in [0.25, 0.3) is 0 Å². The molecule has 3 aromatic rings. The van der Waals surface area contributed by atoms with Gasteiger partial charge in [-0.05, 0) is 49.0 Å². The zero-order valence-electron chi connectivity index (χ0n) is 17.7. The Morgan fingerprint density at radius 1 is 0.733 bits per heavy atom. The lowest BCUT2D eigenvalue weighted by molar-refractivity contribution is -0.143. The Morgan fingerprint density at radius 3 is 1.63 bits per heavy atom. The van der Waals surface area contributed by atoms with Gasteiger partial charge < -0.3 is 4.74 Å². The average Bonchev–Trinajstić information content (AvgIpc) is 2.81. The van der Waals surface area contributed by atoms with E-state index >= 15 is 0 Å². The van der Waals surface area contributed by atoms with E-state index < -0.39 is 6.89 Å². The first-order valence-corrected chi connectivity index (χ1v) is 12.7. The molecular weight excluding hydrogens is 387 g/mol. The van der Waals surface area contributed by atoms with E-state index in [1.807, 2.05) is 6.92 Å². The fraction of sp³-hybridized carbons (Fsp3) is 0.259. The van der Waals surface area contributed by atoms with Crippen LogP contribution >= 0.6 is 6.89 Å². The van der Waals surface area contributed by atoms with Crippen LogP contribution in [0.4, 0.5) is 0 Å². The highest BCUT2D eigenvalue weighted by Crippen LogP contribution is 2.44. The van der Waals surface area contributed by atoms with E-state index in [-0.39, 0.29) is 5.97 Å². The molecule has 0 heterocycles. The van der Waals surface area contributed by atoms with Crippen LogP contribution in [0.5, 0.6) is 0 Å². The Morgan fingerprint density at radius 2 is 1.20 bits per heavy atom. The van der Waals surface area contributed by atoms with Crippen molar-refractivity contribution >= 4 is 34.6 Å². The van der Waals surface area contributed by atoms with Gasteiger partial charge in [0.1, 0.15) is 0 Å². The van der Waals surface area contributed by atoms with Crippen molar-refractivity contribution < 1.29 is 9.53 Å². The van der Waals surface area contributed by atoms with Crippen LogP contribution in [0, 0.1) is 0 Å². The number of esters is 1. The maximum Gasteiger partial charge on any atom is 0.305 e. The summed E-state index contributed by atoms with van der Waals surface area (Å²) in [7, 11) is 0. The number of unbranched alkanes of at least 4 members (excludes halogenated alkanes) is 3. The fourth-order valence-corrected chi connectivity index (χ4v) is 7.89. The van der Waals surface area contributed by atoms with E-state index in [1.54, 1.807) is 0 Å². The summed E-state index contributed by atoms with van der Waals surface area (Å²) in [5.74, 6) is 2.48. The highest BCUT2D eigenvalue weighted by atomic mass is 31.2. The third-order valence-electron chi connectivity index (χ3n) is 5.28. The van der Waals surface area contributed by atoms with Gasteiger partial charge in [-0.15, -0.1) is 0 Å². The van der Waals surface area contributed by atoms with Crippen molar-refractivity contribution in [1.82, 2.24) is 0 Å². The predicted molar refractivity (Wildman–Crippen MR) is 131 cm³/mol. The summed E-state index contributed by atoms with van der Waals surface area (Å²) < 4.78 is 5.03. The minimum absolute atomic E-state index is 0.0822. The molecule has 0 aliphatic rings. The molecule has 0 saturated carbocycles. The van der Waals surface area contributed by atoms with E-state index in [9.17, 15) is 4.79 Å². The van der Waals surface area contributed by atoms with Gasteiger partial charge >= 0.3 is 5.97 Å². The monoisotopic (exact) mass is 418 g/mol. The number of hydrogen-bond donors (Lipinski definition) is 0. The summed E-state index contributed by atoms with van der Waals surface area (Å²) in [5.41, 5.74) is 0. The summed E-state index contributed by atoms with van der Waals surface area (Å²) in [6.07, 6.45) is 4.54. The van der Waals surface area contributed by atoms with Crippen LogP contribution < -0.4 is 15.9 Å². The van der Waals surface area contributed by atoms with Crippen LogP contribution in [-0.4, -0.2) is 18.4 Å². The van der Waals surface area contributed by atoms with Gasteiger partial charge in [0.2, 0.25) is 0 Å². The Kier molecular flexibility index (Phi) is 8.53. The number of carbonyl (C=O) groups is 1. The van der Waals surface area contributed by atoms with Gasteiger partial charge in [-0.25, -0.2) is 0 Å². The van der Waals surface area contributed by atoms with Crippen molar-refractivity contribution in [2.75, 3.05) is 6.61 Å². The molecule has 0 unspecified atom stereocenters. The molecule has 0 spiro atoms. The number of benzene rings is 3. The van der Waals surface area contributed by atoms with Crippen LogP contribution in [0.1, 0.15) is 39.0 Å². The first-order valence-electron chi connectivity index (χ1n) is 10.8. The smallest absolute Gasteiger partial charge is 0.305 e. The molecule has 0 atom stereocenters. The minimum atomic E-state index is -1.85. The van der Waals surface area contributed by atoms with E-state index in [4.69, 9.17) is 4.74 Å². The average molecular weight is 419 g/mol. The summed E-state index contributed by atoms with van der Waals surface area (Å²) in [4.78, 5) is 11.6. The van der Waals surface area contributed by atoms with Crippen LogP contribution in [-0.2, 0) is 9.53 Å². The molecule has 2 nitrogen and oxygen atoms in total. The third kappa shape index (κ3) is 5.52. The predicted octanol–water partition coefficient (Wildman–Crippen LogP) is 5.30. The molecule has 0 fully saturated rings. The van der Waals surface area contributed by atoms with Crippen molar-refractivity contribution in [3.8, 4) is 0 Å². The first kappa shape index (κ1) is 22.1. The van der Waals surface area contributed by atoms with E-state index in [2.05, 4.69) is 96.8 Å². The number of hydrogen-bond acceptors (Lipinski definition) is 2. The van der Waals surface area contributed by atoms with Crippen molar-refractivity contribution in [3.63, 3.8) is 0 Å². The zero-order chi connectivity index (χ0) is 21.1. The molecular formula is C27H31O2P. The van der Waals surface area contributed by atoms with Crippen LogP contribution in [0.15, 0.2) is 91.0 Å². The molecule has 0 aromatic heterocycles. The normalized spacial score (nSPS) is 11.1. The van der Waals surface area contributed by atoms with Gasteiger partial charge in [-0.1, -0.05) is 103 Å². The second-order valence-electron chi connectivity index (χ2n) is 7.32. The molecule has 0 radical (unpaired) electrons. The SMILES string of the molecule is CCOC(=O)CCCCCC=P(c1ccccc1)(c1ccccc1)c1ccccc1. The van der Waals surface area contributed by atoms with Gasteiger partial charge in [0, 0.05) is 6.42 Å². The zero-order valence-corrected chi connectivity index (χ0v) is 18.6. The highest BCUT2D eigenvalue weighted by molar-refractivity contribution is 7.94. The molecule has 3 heteroatoms. The van der Waals surface area contributed by atoms with Crippen molar-refractivity contribution in [2.24, 2.45) is 0 Å². The summed E-state index contributed by atoms with van der Waals surface area (Å²) >= 11 is 0. The summed E-state index contributed by atoms with van der Waals surface area (Å²) in [6.45, 7) is 0.469. The summed E-state index contributed by atoms with van der Waals surface area (Å²) in [5, 5.41) is 4.15. The van der Waals surface area contributed by atoms with Crippen molar-refractivity contribution in [3.05, 3.63) is 91.0 Å². The topological polar surface area (TPSA) is 26.3 Å². The molecule has 3 rings (SSSR count). The Hall–Kier alpha value is -2.57. The Balaban J connectivity index is 1.91. The first-order chi connectivity index (χ1) is 14.8. The molecule has 0 amide bonds. The standard InChI is InChI=1S/C27H31O2P/c1-2-29-27(28)22-14-3-4-15-23-30(24-16-8-5-9-17-24,25-18-10-6-11-19-25)26-20-12-7-13-21-26/h5-13,16-21,23H,2-4,14-15,22H2,1H3. The third-order valence-corrected chi connectivity index (χ3v) is 9.43. The van der Waals surface area contributed by atoms with Gasteiger partial charge in [-0.2, -0.15) is 0 Å². The Labute approximate surface area is 180 Å². The lowest BCUT2D eigenvalue weighted by Crippen LogP contribution is -2.26. The molecule has 30 heavy (non-hydrogen) atoms. The molecule has 0 saturated heterocycles. The van der Waals surface area contributed by atoms with Crippen LogP contribution in [0.2, 0.25) is 0 Å². The lowest BCUT2D eigenvalue weighted by atomic mass is 10.2. The van der Waals surface area contributed by atoms with Crippen LogP contribution in [0.25, 0.3) is 0 Å². The van der Waals surface area contributed by atoms with Crippen molar-refractivity contribution in [1.29, 1.82) is 0 Å². The quantitative estimate of drug-likeness (QED) is 0.254. The van der Waals surface area contributed by atoms with Crippen molar-refractivity contribution in [2.45, 2.75) is 39.0 Å². The molecule has 3 aromatic carbocycles. The van der Waals surface area contributed by atoms with Gasteiger partial charge in [-0.3, -0.25) is 4.79 Å². The number of carbonyl (C=O) groups excluding carboxylic acids is 1. The molecule has 0 bridgehead atoms. The number of ether oxygens (including phenoxy) is 1. The molecule has 0 N–H and O–H groups in total. The second-order valence-corrected chi connectivity index (χ2v) is 10.7. The fourth-order valence-electron chi connectivity index (χ4n) is 3.86. The maximum atomic E-state index is 11.6. The lowest BCUT2D eigenvalue weighted by Gasteiger charge is -2.29. The largest absolute Gasteiger partial charge is 0.466 e. The second kappa shape index (κ2) is 11.6. The minimum Gasteiger partial charge on any atom is -0.466 e. The van der Waals surface area contributed by atoms with Gasteiger partial charge in [0.15, 0.2) is 0 Å². The molecule has 0 aliphatic carbocycles. The molecule has 156 valence electrons. The van der Waals surface area contributed by atoms with Crippen LogP contribution in [0.3, 0.4) is 0 Å². The Bertz CT molecular complexity index is 847. The van der Waals surface area contributed by atoms with Gasteiger partial charge in [0.05, 0.1) is 6.61 Å². The highest BCUT2D eigenvalue weighted by Gasteiger charge is 2.24.